The molecule has 0 bridgehead atoms. The molecule has 0 aromatic carbocycles. The summed E-state index contributed by atoms with van der Waals surface area (Å²) in [6.45, 7) is 0.512. The lowest BCUT2D eigenvalue weighted by molar-refractivity contribution is -0.104. The minimum absolute atomic E-state index is 0.401. The molecule has 0 spiro atoms. The normalized spacial score (nSPS) is 12.0. The Bertz CT molecular complexity index is 734. The molecule has 2 aromatic rings. The molecule has 2 rings (SSSR count). The summed E-state index contributed by atoms with van der Waals surface area (Å²) in [6, 6.07) is 1.71. The molecule has 0 amide bonds. The number of nitrogens with zero attached hydrogens (tertiary/aromatic N) is 4. The van der Waals surface area contributed by atoms with Gasteiger partial charge in [0.1, 0.15) is 17.9 Å². The SMILES string of the molecule is CN(C)C=C(/C=C\C=O)CNc1cc(N)nc2c(Br)cnn12. The number of rotatable bonds is 6. The molecule has 116 valence electrons. The minimum atomic E-state index is 0.401. The first kappa shape index (κ1) is 16.0. The predicted molar refractivity (Wildman–Crippen MR) is 90.6 cm³/mol. The maximum atomic E-state index is 10.5. The molecule has 0 aliphatic rings. The number of carbonyl (C=O) groups excluding carboxylic acids is 1. The van der Waals surface area contributed by atoms with Gasteiger partial charge in [-0.15, -0.1) is 0 Å². The van der Waals surface area contributed by atoms with Crippen LogP contribution in [0.5, 0.6) is 0 Å². The number of hydrogen-bond donors (Lipinski definition) is 2. The van der Waals surface area contributed by atoms with E-state index in [9.17, 15) is 4.79 Å². The standard InChI is InChI=1S/C14H17BrN6O/c1-20(2)9-10(4-3-5-22)7-17-13-6-12(16)19-14-11(15)8-18-21(13)14/h3-6,8-9,17H,7H2,1-2H3,(H2,16,19)/b4-3-,10-9?. The Hall–Kier alpha value is -2.35. The van der Waals surface area contributed by atoms with Crippen molar-refractivity contribution in [1.29, 1.82) is 0 Å². The number of hydrogen-bond acceptors (Lipinski definition) is 6. The average molecular weight is 365 g/mol. The van der Waals surface area contributed by atoms with Crippen LogP contribution in [0.2, 0.25) is 0 Å². The van der Waals surface area contributed by atoms with Crippen LogP contribution >= 0.6 is 15.9 Å². The fraction of sp³-hybridized carbons (Fsp3) is 0.214. The van der Waals surface area contributed by atoms with Gasteiger partial charge in [0, 0.05) is 32.9 Å². The third-order valence-electron chi connectivity index (χ3n) is 2.74. The van der Waals surface area contributed by atoms with Crippen LogP contribution in [-0.4, -0.2) is 46.4 Å². The van der Waals surface area contributed by atoms with Crippen molar-refractivity contribution in [3.63, 3.8) is 0 Å². The molecule has 0 unspecified atom stereocenters. The van der Waals surface area contributed by atoms with E-state index >= 15 is 0 Å². The summed E-state index contributed by atoms with van der Waals surface area (Å²) < 4.78 is 2.43. The van der Waals surface area contributed by atoms with E-state index in [4.69, 9.17) is 5.73 Å². The molecule has 8 heteroatoms. The van der Waals surface area contributed by atoms with E-state index < -0.39 is 0 Å². The first-order valence-corrected chi connectivity index (χ1v) is 7.33. The summed E-state index contributed by atoms with van der Waals surface area (Å²) >= 11 is 3.38. The van der Waals surface area contributed by atoms with Crippen molar-refractivity contribution >= 4 is 39.5 Å². The highest BCUT2D eigenvalue weighted by molar-refractivity contribution is 9.10. The van der Waals surface area contributed by atoms with Crippen molar-refractivity contribution in [2.24, 2.45) is 0 Å². The van der Waals surface area contributed by atoms with Crippen molar-refractivity contribution in [2.45, 2.75) is 0 Å². The van der Waals surface area contributed by atoms with Gasteiger partial charge in [0.2, 0.25) is 0 Å². The number of fused-ring (bicyclic) bond motifs is 1. The van der Waals surface area contributed by atoms with Crippen LogP contribution in [0.15, 0.2) is 40.7 Å². The smallest absolute Gasteiger partial charge is 0.173 e. The van der Waals surface area contributed by atoms with Crippen LogP contribution in [-0.2, 0) is 4.79 Å². The average Bonchev–Trinajstić information content (AvgIpc) is 2.82. The van der Waals surface area contributed by atoms with E-state index in [2.05, 4.69) is 31.3 Å². The van der Waals surface area contributed by atoms with Crippen molar-refractivity contribution < 1.29 is 4.79 Å². The van der Waals surface area contributed by atoms with Gasteiger partial charge in [-0.3, -0.25) is 4.79 Å². The highest BCUT2D eigenvalue weighted by Gasteiger charge is 2.08. The maximum Gasteiger partial charge on any atom is 0.173 e. The number of nitrogen functional groups attached to an aromatic ring is 1. The van der Waals surface area contributed by atoms with E-state index in [1.54, 1.807) is 22.9 Å². The topological polar surface area (TPSA) is 88.5 Å². The Morgan fingerprint density at radius 1 is 1.55 bits per heavy atom. The van der Waals surface area contributed by atoms with E-state index in [1.807, 2.05) is 25.2 Å². The zero-order chi connectivity index (χ0) is 16.1. The van der Waals surface area contributed by atoms with Crippen LogP contribution in [0.1, 0.15) is 0 Å². The molecule has 0 aliphatic carbocycles. The van der Waals surface area contributed by atoms with Gasteiger partial charge >= 0.3 is 0 Å². The van der Waals surface area contributed by atoms with E-state index in [-0.39, 0.29) is 0 Å². The highest BCUT2D eigenvalue weighted by Crippen LogP contribution is 2.21. The van der Waals surface area contributed by atoms with E-state index in [1.165, 1.54) is 6.08 Å². The highest BCUT2D eigenvalue weighted by atomic mass is 79.9. The largest absolute Gasteiger partial charge is 0.384 e. The van der Waals surface area contributed by atoms with E-state index in [0.29, 0.717) is 18.0 Å². The molecule has 0 radical (unpaired) electrons. The zero-order valence-electron chi connectivity index (χ0n) is 12.3. The lowest BCUT2D eigenvalue weighted by Crippen LogP contribution is -2.12. The van der Waals surface area contributed by atoms with Crippen molar-refractivity contribution in [2.75, 3.05) is 31.7 Å². The second-order valence-electron chi connectivity index (χ2n) is 4.81. The van der Waals surface area contributed by atoms with Gasteiger partial charge in [-0.1, -0.05) is 6.08 Å². The molecular weight excluding hydrogens is 348 g/mol. The lowest BCUT2D eigenvalue weighted by Gasteiger charge is -2.12. The fourth-order valence-electron chi connectivity index (χ4n) is 1.92. The number of nitrogens with one attached hydrogen (secondary N) is 1. The Kier molecular flexibility index (Phi) is 5.16. The summed E-state index contributed by atoms with van der Waals surface area (Å²) in [5.41, 5.74) is 7.40. The van der Waals surface area contributed by atoms with Crippen LogP contribution in [0, 0.1) is 0 Å². The van der Waals surface area contributed by atoms with E-state index in [0.717, 1.165) is 22.1 Å². The van der Waals surface area contributed by atoms with Gasteiger partial charge in [-0.25, -0.2) is 4.98 Å². The number of allylic oxidation sites excluding steroid dienone is 1. The van der Waals surface area contributed by atoms with Crippen LogP contribution in [0.4, 0.5) is 11.6 Å². The number of halogens is 1. The first-order chi connectivity index (χ1) is 10.5. The van der Waals surface area contributed by atoms with Crippen molar-refractivity contribution in [1.82, 2.24) is 19.5 Å². The molecule has 0 atom stereocenters. The monoisotopic (exact) mass is 364 g/mol. The first-order valence-electron chi connectivity index (χ1n) is 6.54. The minimum Gasteiger partial charge on any atom is -0.384 e. The molecule has 22 heavy (non-hydrogen) atoms. The molecule has 2 heterocycles. The number of aromatic nitrogens is 3. The lowest BCUT2D eigenvalue weighted by atomic mass is 10.2. The summed E-state index contributed by atoms with van der Waals surface area (Å²) in [4.78, 5) is 16.6. The van der Waals surface area contributed by atoms with Gasteiger partial charge in [-0.2, -0.15) is 9.61 Å². The molecule has 7 nitrogen and oxygen atoms in total. The quantitative estimate of drug-likeness (QED) is 0.460. The molecule has 0 aliphatic heterocycles. The number of carbonyl (C=O) groups is 1. The summed E-state index contributed by atoms with van der Waals surface area (Å²) in [5, 5.41) is 7.50. The Morgan fingerprint density at radius 3 is 3.00 bits per heavy atom. The third kappa shape index (κ3) is 3.85. The molecular formula is C14H17BrN6O. The van der Waals surface area contributed by atoms with Crippen LogP contribution in [0.3, 0.4) is 0 Å². The molecule has 3 N–H and O–H groups in total. The van der Waals surface area contributed by atoms with Gasteiger partial charge in [-0.05, 0) is 27.6 Å². The molecule has 2 aromatic heterocycles. The molecule has 0 saturated carbocycles. The van der Waals surface area contributed by atoms with Gasteiger partial charge < -0.3 is 16.0 Å². The van der Waals surface area contributed by atoms with Crippen LogP contribution in [0.25, 0.3) is 5.65 Å². The Morgan fingerprint density at radius 2 is 2.32 bits per heavy atom. The zero-order valence-corrected chi connectivity index (χ0v) is 13.9. The van der Waals surface area contributed by atoms with Crippen molar-refractivity contribution in [3.8, 4) is 0 Å². The predicted octanol–water partition coefficient (Wildman–Crippen LogP) is 1.69. The van der Waals surface area contributed by atoms with Gasteiger partial charge in [0.15, 0.2) is 5.65 Å². The number of anilines is 2. The van der Waals surface area contributed by atoms with Crippen LogP contribution < -0.4 is 11.1 Å². The number of aldehydes is 1. The molecule has 0 saturated heterocycles. The van der Waals surface area contributed by atoms with Gasteiger partial charge in [0.25, 0.3) is 0 Å². The Balaban J connectivity index is 2.26. The fourth-order valence-corrected chi connectivity index (χ4v) is 2.26. The summed E-state index contributed by atoms with van der Waals surface area (Å²) in [5.74, 6) is 1.12. The maximum absolute atomic E-state index is 10.5. The third-order valence-corrected chi connectivity index (χ3v) is 3.29. The van der Waals surface area contributed by atoms with Gasteiger partial charge in [0.05, 0.1) is 10.7 Å². The Labute approximate surface area is 136 Å². The summed E-state index contributed by atoms with van der Waals surface area (Å²) in [6.07, 6.45) is 7.54. The summed E-state index contributed by atoms with van der Waals surface area (Å²) in [7, 11) is 3.84. The number of nitrogens with two attached hydrogens (primary N) is 1. The molecule has 0 fully saturated rings. The second kappa shape index (κ2) is 7.08. The van der Waals surface area contributed by atoms with Crippen molar-refractivity contribution in [3.05, 3.63) is 40.7 Å². The second-order valence-corrected chi connectivity index (χ2v) is 5.66.